The Balaban J connectivity index is 1.95. The summed E-state index contributed by atoms with van der Waals surface area (Å²) in [5.41, 5.74) is 1.23. The van der Waals surface area contributed by atoms with Crippen LogP contribution in [0.25, 0.3) is 10.1 Å². The molecule has 0 spiro atoms. The van der Waals surface area contributed by atoms with Crippen LogP contribution in [0, 0.1) is 0 Å². The second-order valence-corrected chi connectivity index (χ2v) is 6.70. The van der Waals surface area contributed by atoms with Crippen LogP contribution in [0.3, 0.4) is 0 Å². The quantitative estimate of drug-likeness (QED) is 0.592. The van der Waals surface area contributed by atoms with E-state index in [1.807, 2.05) is 30.4 Å². The van der Waals surface area contributed by atoms with Crippen molar-refractivity contribution in [2.24, 2.45) is 0 Å². The van der Waals surface area contributed by atoms with Crippen LogP contribution in [0.15, 0.2) is 53.0 Å². The Morgan fingerprint density at radius 2 is 1.95 bits per heavy atom. The molecule has 0 amide bonds. The third-order valence-electron chi connectivity index (χ3n) is 3.16. The molecule has 0 unspecified atom stereocenters. The van der Waals surface area contributed by atoms with Crippen molar-refractivity contribution in [3.8, 4) is 5.75 Å². The van der Waals surface area contributed by atoms with E-state index in [0.717, 1.165) is 16.6 Å². The van der Waals surface area contributed by atoms with Crippen LogP contribution < -0.4 is 4.74 Å². The van der Waals surface area contributed by atoms with Crippen molar-refractivity contribution in [2.75, 3.05) is 6.61 Å². The van der Waals surface area contributed by atoms with Crippen LogP contribution in [0.4, 0.5) is 0 Å². The topological polar surface area (TPSA) is 9.23 Å². The molecule has 1 aromatic heterocycles. The van der Waals surface area contributed by atoms with Gasteiger partial charge in [-0.1, -0.05) is 34.1 Å². The fourth-order valence-corrected chi connectivity index (χ4v) is 3.79. The van der Waals surface area contributed by atoms with E-state index in [-0.39, 0.29) is 0 Å². The number of rotatable bonds is 4. The highest BCUT2D eigenvalue weighted by molar-refractivity contribution is 9.10. The smallest absolute Gasteiger partial charge is 0.122 e. The maximum atomic E-state index is 5.72. The normalized spacial score (nSPS) is 10.9. The van der Waals surface area contributed by atoms with Gasteiger partial charge in [-0.2, -0.15) is 0 Å². The Morgan fingerprint density at radius 1 is 1.10 bits per heavy atom. The van der Waals surface area contributed by atoms with E-state index in [4.69, 9.17) is 4.74 Å². The summed E-state index contributed by atoms with van der Waals surface area (Å²) in [6, 6.07) is 17.0. The van der Waals surface area contributed by atoms with Gasteiger partial charge >= 0.3 is 0 Å². The summed E-state index contributed by atoms with van der Waals surface area (Å²) in [7, 11) is 0. The molecule has 0 fully saturated rings. The van der Waals surface area contributed by atoms with Gasteiger partial charge in [0.05, 0.1) is 6.61 Å². The molecule has 0 atom stereocenters. The van der Waals surface area contributed by atoms with E-state index in [1.165, 1.54) is 20.5 Å². The van der Waals surface area contributed by atoms with Gasteiger partial charge in [-0.3, -0.25) is 0 Å². The van der Waals surface area contributed by atoms with Gasteiger partial charge in [0.2, 0.25) is 0 Å². The summed E-state index contributed by atoms with van der Waals surface area (Å²) in [6.45, 7) is 2.71. The second kappa shape index (κ2) is 5.98. The molecular formula is C17H15BrOS. The van der Waals surface area contributed by atoms with Crippen LogP contribution in [0.2, 0.25) is 0 Å². The molecule has 0 aliphatic heterocycles. The maximum Gasteiger partial charge on any atom is 0.122 e. The van der Waals surface area contributed by atoms with Crippen molar-refractivity contribution in [3.63, 3.8) is 0 Å². The van der Waals surface area contributed by atoms with Gasteiger partial charge in [0.25, 0.3) is 0 Å². The van der Waals surface area contributed by atoms with Gasteiger partial charge in [0.15, 0.2) is 0 Å². The minimum absolute atomic E-state index is 0.695. The summed E-state index contributed by atoms with van der Waals surface area (Å²) < 4.78 is 8.16. The maximum absolute atomic E-state index is 5.72. The number of hydrogen-bond donors (Lipinski definition) is 0. The van der Waals surface area contributed by atoms with Crippen LogP contribution in [0.5, 0.6) is 5.75 Å². The molecule has 0 radical (unpaired) electrons. The van der Waals surface area contributed by atoms with Gasteiger partial charge in [-0.15, -0.1) is 11.3 Å². The van der Waals surface area contributed by atoms with E-state index in [0.29, 0.717) is 6.61 Å². The fraction of sp³-hybridized carbons (Fsp3) is 0.176. The Kier molecular flexibility index (Phi) is 4.08. The van der Waals surface area contributed by atoms with Crippen molar-refractivity contribution in [3.05, 3.63) is 63.4 Å². The summed E-state index contributed by atoms with van der Waals surface area (Å²) in [4.78, 5) is 1.37. The van der Waals surface area contributed by atoms with E-state index < -0.39 is 0 Å². The molecular weight excluding hydrogens is 332 g/mol. The lowest BCUT2D eigenvalue weighted by atomic mass is 10.1. The highest BCUT2D eigenvalue weighted by Gasteiger charge is 2.08. The molecule has 0 aliphatic rings. The zero-order valence-corrected chi connectivity index (χ0v) is 13.6. The molecule has 1 heterocycles. The zero-order valence-electron chi connectivity index (χ0n) is 11.2. The number of thiophene rings is 1. The Hall–Kier alpha value is -1.32. The van der Waals surface area contributed by atoms with Crippen molar-refractivity contribution in [1.29, 1.82) is 0 Å². The predicted molar refractivity (Wildman–Crippen MR) is 89.9 cm³/mol. The molecule has 3 rings (SSSR count). The van der Waals surface area contributed by atoms with Crippen molar-refractivity contribution < 1.29 is 4.74 Å². The summed E-state index contributed by atoms with van der Waals surface area (Å²) >= 11 is 5.40. The number of hydrogen-bond acceptors (Lipinski definition) is 2. The number of benzene rings is 2. The molecule has 1 nitrogen and oxygen atoms in total. The summed E-state index contributed by atoms with van der Waals surface area (Å²) in [6.07, 6.45) is 0.911. The average Bonchev–Trinajstić information content (AvgIpc) is 2.84. The van der Waals surface area contributed by atoms with Crippen LogP contribution in [-0.2, 0) is 6.42 Å². The van der Waals surface area contributed by atoms with Crippen molar-refractivity contribution in [2.45, 2.75) is 13.3 Å². The molecule has 2 aromatic carbocycles. The molecule has 102 valence electrons. The minimum Gasteiger partial charge on any atom is -0.494 e. The van der Waals surface area contributed by atoms with Crippen LogP contribution in [0.1, 0.15) is 17.4 Å². The van der Waals surface area contributed by atoms with Gasteiger partial charge < -0.3 is 4.74 Å². The molecule has 0 bridgehead atoms. The highest BCUT2D eigenvalue weighted by Crippen LogP contribution is 2.31. The molecule has 3 heteroatoms. The summed E-state index contributed by atoms with van der Waals surface area (Å²) in [5, 5.41) is 1.32. The lowest BCUT2D eigenvalue weighted by Gasteiger charge is -2.09. The minimum atomic E-state index is 0.695. The van der Waals surface area contributed by atoms with Gasteiger partial charge in [0.1, 0.15) is 5.75 Å². The average molecular weight is 347 g/mol. The lowest BCUT2D eigenvalue weighted by molar-refractivity contribution is 0.337. The first-order valence-corrected chi connectivity index (χ1v) is 8.26. The Morgan fingerprint density at radius 3 is 2.75 bits per heavy atom. The molecule has 0 aliphatic carbocycles. The fourth-order valence-electron chi connectivity index (χ4n) is 2.29. The van der Waals surface area contributed by atoms with Gasteiger partial charge in [-0.25, -0.2) is 0 Å². The highest BCUT2D eigenvalue weighted by atomic mass is 79.9. The Labute approximate surface area is 131 Å². The molecule has 3 aromatic rings. The third-order valence-corrected chi connectivity index (χ3v) is 4.77. The number of ether oxygens (including phenoxy) is 1. The molecule has 0 N–H and O–H groups in total. The van der Waals surface area contributed by atoms with Gasteiger partial charge in [0, 0.05) is 26.0 Å². The zero-order chi connectivity index (χ0) is 13.9. The monoisotopic (exact) mass is 346 g/mol. The summed E-state index contributed by atoms with van der Waals surface area (Å²) in [5.74, 6) is 0.980. The number of fused-ring (bicyclic) bond motifs is 1. The van der Waals surface area contributed by atoms with Crippen molar-refractivity contribution in [1.82, 2.24) is 0 Å². The Bertz CT molecular complexity index is 700. The standard InChI is InChI=1S/C17H15BrOS/c1-2-19-16-8-7-14(18)9-13(16)11-15-10-12-5-3-4-6-17(12)20-15/h3-10H,2,11H2,1H3. The van der Waals surface area contributed by atoms with E-state index >= 15 is 0 Å². The second-order valence-electron chi connectivity index (χ2n) is 4.61. The molecule has 20 heavy (non-hydrogen) atoms. The third kappa shape index (κ3) is 2.89. The van der Waals surface area contributed by atoms with E-state index in [1.54, 1.807) is 0 Å². The van der Waals surface area contributed by atoms with Gasteiger partial charge in [-0.05, 0) is 42.6 Å². The van der Waals surface area contributed by atoms with Crippen molar-refractivity contribution >= 4 is 37.4 Å². The SMILES string of the molecule is CCOc1ccc(Br)cc1Cc1cc2ccccc2s1. The molecule has 0 saturated heterocycles. The van der Waals surface area contributed by atoms with Crippen LogP contribution in [-0.4, -0.2) is 6.61 Å². The first kappa shape index (κ1) is 13.7. The largest absolute Gasteiger partial charge is 0.494 e. The van der Waals surface area contributed by atoms with E-state index in [2.05, 4.69) is 52.3 Å². The molecule has 0 saturated carbocycles. The first-order valence-electron chi connectivity index (χ1n) is 6.65. The van der Waals surface area contributed by atoms with E-state index in [9.17, 15) is 0 Å². The lowest BCUT2D eigenvalue weighted by Crippen LogP contribution is -1.96. The number of halogens is 1. The first-order chi connectivity index (χ1) is 9.76. The van der Waals surface area contributed by atoms with Crippen LogP contribution >= 0.6 is 27.3 Å². The predicted octanol–water partition coefficient (Wildman–Crippen LogP) is 5.65.